The molecule has 3 rings (SSSR count). The number of nitrogens with one attached hydrogen (secondary N) is 1. The Hall–Kier alpha value is -2.58. The molecule has 1 aliphatic rings. The van der Waals surface area contributed by atoms with Crippen LogP contribution in [0.25, 0.3) is 0 Å². The molecule has 1 fully saturated rings. The van der Waals surface area contributed by atoms with Gasteiger partial charge in [-0.25, -0.2) is 12.7 Å². The van der Waals surface area contributed by atoms with Crippen LogP contribution in [0.5, 0.6) is 5.75 Å². The quantitative estimate of drug-likeness (QED) is 0.782. The fourth-order valence-corrected chi connectivity index (χ4v) is 4.42. The number of hydrogen-bond acceptors (Lipinski definition) is 5. The molecule has 2 aromatic carbocycles. The van der Waals surface area contributed by atoms with Gasteiger partial charge in [0.15, 0.2) is 0 Å². The number of sulfonamides is 1. The highest BCUT2D eigenvalue weighted by Crippen LogP contribution is 2.28. The lowest BCUT2D eigenvalue weighted by molar-refractivity contribution is 0.102. The zero-order chi connectivity index (χ0) is 21.2. The first-order valence-corrected chi connectivity index (χ1v) is 10.9. The van der Waals surface area contributed by atoms with Crippen LogP contribution >= 0.6 is 0 Å². The van der Waals surface area contributed by atoms with Crippen molar-refractivity contribution in [2.45, 2.75) is 18.2 Å². The molecule has 0 spiro atoms. The number of methoxy groups -OCH3 is 1. The van der Waals surface area contributed by atoms with E-state index in [-0.39, 0.29) is 22.1 Å². The molecule has 29 heavy (non-hydrogen) atoms. The summed E-state index contributed by atoms with van der Waals surface area (Å²) in [5.41, 5.74) is 2.03. The molecule has 0 radical (unpaired) electrons. The van der Waals surface area contributed by atoms with Crippen molar-refractivity contribution in [1.82, 2.24) is 4.31 Å². The lowest BCUT2D eigenvalue weighted by Crippen LogP contribution is -2.23. The van der Waals surface area contributed by atoms with E-state index < -0.39 is 10.0 Å². The van der Waals surface area contributed by atoms with Crippen LogP contribution in [0.15, 0.2) is 47.4 Å². The Labute approximate surface area is 172 Å². The van der Waals surface area contributed by atoms with Crippen LogP contribution in [0.4, 0.5) is 11.4 Å². The van der Waals surface area contributed by atoms with Gasteiger partial charge in [0.25, 0.3) is 5.91 Å². The molecule has 8 heteroatoms. The second kappa shape index (κ2) is 8.42. The zero-order valence-electron chi connectivity index (χ0n) is 17.2. The number of rotatable bonds is 6. The summed E-state index contributed by atoms with van der Waals surface area (Å²) in [4.78, 5) is 15.0. The van der Waals surface area contributed by atoms with E-state index in [9.17, 15) is 13.2 Å². The van der Waals surface area contributed by atoms with Crippen molar-refractivity contribution in [2.24, 2.45) is 5.92 Å². The van der Waals surface area contributed by atoms with E-state index >= 15 is 0 Å². The van der Waals surface area contributed by atoms with Crippen LogP contribution in [0.2, 0.25) is 0 Å². The Morgan fingerprint density at radius 2 is 1.86 bits per heavy atom. The van der Waals surface area contributed by atoms with Crippen LogP contribution in [-0.4, -0.2) is 52.9 Å². The Morgan fingerprint density at radius 3 is 2.41 bits per heavy atom. The second-order valence-electron chi connectivity index (χ2n) is 7.49. The van der Waals surface area contributed by atoms with E-state index in [0.717, 1.165) is 23.1 Å². The molecule has 156 valence electrons. The molecule has 1 N–H and O–H groups in total. The molecule has 1 unspecified atom stereocenters. The summed E-state index contributed by atoms with van der Waals surface area (Å²) in [5.74, 6) is 0.502. The highest BCUT2D eigenvalue weighted by Gasteiger charge is 2.24. The maximum absolute atomic E-state index is 12.7. The molecule has 1 saturated heterocycles. The molecule has 2 aromatic rings. The largest absolute Gasteiger partial charge is 0.495 e. The van der Waals surface area contributed by atoms with Gasteiger partial charge in [-0.3, -0.25) is 4.79 Å². The minimum atomic E-state index is -3.75. The van der Waals surface area contributed by atoms with Crippen molar-refractivity contribution in [3.63, 3.8) is 0 Å². The van der Waals surface area contributed by atoms with Crippen LogP contribution in [0, 0.1) is 5.92 Å². The number of amides is 1. The smallest absolute Gasteiger partial charge is 0.255 e. The van der Waals surface area contributed by atoms with Gasteiger partial charge in [0.1, 0.15) is 10.6 Å². The number of nitrogens with zero attached hydrogens (tertiary/aromatic N) is 2. The first-order chi connectivity index (χ1) is 13.7. The highest BCUT2D eigenvalue weighted by molar-refractivity contribution is 7.89. The minimum absolute atomic E-state index is 0.0452. The van der Waals surface area contributed by atoms with E-state index in [4.69, 9.17) is 4.74 Å². The van der Waals surface area contributed by atoms with Crippen molar-refractivity contribution < 1.29 is 17.9 Å². The fraction of sp³-hybridized carbons (Fsp3) is 0.381. The fourth-order valence-electron chi connectivity index (χ4n) is 3.34. The van der Waals surface area contributed by atoms with E-state index in [0.29, 0.717) is 11.6 Å². The van der Waals surface area contributed by atoms with Crippen molar-refractivity contribution in [3.8, 4) is 5.75 Å². The van der Waals surface area contributed by atoms with Crippen molar-refractivity contribution in [3.05, 3.63) is 48.0 Å². The van der Waals surface area contributed by atoms with Gasteiger partial charge < -0.3 is 15.0 Å². The van der Waals surface area contributed by atoms with Crippen LogP contribution in [0.3, 0.4) is 0 Å². The van der Waals surface area contributed by atoms with E-state index in [1.165, 1.54) is 39.8 Å². The molecular formula is C21H27N3O4S. The average Bonchev–Trinajstić information content (AvgIpc) is 3.14. The van der Waals surface area contributed by atoms with Gasteiger partial charge in [-0.05, 0) is 54.8 Å². The summed E-state index contributed by atoms with van der Waals surface area (Å²) in [7, 11) is 0.519. The van der Waals surface area contributed by atoms with Gasteiger partial charge in [-0.1, -0.05) is 6.92 Å². The third-order valence-corrected chi connectivity index (χ3v) is 6.93. The predicted molar refractivity (Wildman–Crippen MR) is 114 cm³/mol. The average molecular weight is 418 g/mol. The lowest BCUT2D eigenvalue weighted by atomic mass is 10.2. The summed E-state index contributed by atoms with van der Waals surface area (Å²) in [6, 6.07) is 12.1. The summed E-state index contributed by atoms with van der Waals surface area (Å²) in [6.45, 7) is 4.33. The summed E-state index contributed by atoms with van der Waals surface area (Å²) in [6.07, 6.45) is 1.19. The molecule has 1 aliphatic heterocycles. The van der Waals surface area contributed by atoms with Crippen molar-refractivity contribution >= 4 is 27.3 Å². The third kappa shape index (κ3) is 4.54. The number of carbonyl (C=O) groups is 1. The normalized spacial score (nSPS) is 16.9. The highest BCUT2D eigenvalue weighted by atomic mass is 32.2. The van der Waals surface area contributed by atoms with Crippen LogP contribution < -0.4 is 15.0 Å². The molecule has 0 aromatic heterocycles. The number of benzene rings is 2. The Morgan fingerprint density at radius 1 is 1.17 bits per heavy atom. The first kappa shape index (κ1) is 21.1. The van der Waals surface area contributed by atoms with Gasteiger partial charge in [-0.2, -0.15) is 0 Å². The maximum Gasteiger partial charge on any atom is 0.255 e. The van der Waals surface area contributed by atoms with Crippen LogP contribution in [0.1, 0.15) is 23.7 Å². The van der Waals surface area contributed by atoms with Gasteiger partial charge in [0.05, 0.1) is 7.11 Å². The molecule has 1 atom stereocenters. The van der Waals surface area contributed by atoms with E-state index in [2.05, 4.69) is 17.1 Å². The first-order valence-electron chi connectivity index (χ1n) is 9.49. The molecule has 0 aliphatic carbocycles. The van der Waals surface area contributed by atoms with E-state index in [1.807, 2.05) is 24.3 Å². The van der Waals surface area contributed by atoms with E-state index in [1.54, 1.807) is 6.07 Å². The molecule has 0 bridgehead atoms. The summed E-state index contributed by atoms with van der Waals surface area (Å²) < 4.78 is 31.3. The Kier molecular flexibility index (Phi) is 6.14. The number of hydrogen-bond donors (Lipinski definition) is 1. The molecule has 1 heterocycles. The molecule has 1 amide bonds. The predicted octanol–water partition coefficient (Wildman–Crippen LogP) is 3.04. The van der Waals surface area contributed by atoms with Gasteiger partial charge in [-0.15, -0.1) is 0 Å². The van der Waals surface area contributed by atoms with Crippen molar-refractivity contribution in [1.29, 1.82) is 0 Å². The Bertz CT molecular complexity index is 987. The standard InChI is InChI=1S/C21H27N3O4S/c1-15-11-12-24(14-15)18-8-6-17(7-9-18)22-21(25)16-5-10-19(28-4)20(13-16)29(26,27)23(2)3/h5-10,13,15H,11-12,14H2,1-4H3,(H,22,25). The molecular weight excluding hydrogens is 390 g/mol. The van der Waals surface area contributed by atoms with Gasteiger partial charge in [0.2, 0.25) is 10.0 Å². The maximum atomic E-state index is 12.7. The second-order valence-corrected chi connectivity index (χ2v) is 9.61. The topological polar surface area (TPSA) is 79.0 Å². The Balaban J connectivity index is 1.79. The molecule has 7 nitrogen and oxygen atoms in total. The third-order valence-electron chi connectivity index (χ3n) is 5.10. The number of carbonyl (C=O) groups excluding carboxylic acids is 1. The summed E-state index contributed by atoms with van der Waals surface area (Å²) >= 11 is 0. The van der Waals surface area contributed by atoms with Crippen LogP contribution in [-0.2, 0) is 10.0 Å². The minimum Gasteiger partial charge on any atom is -0.495 e. The summed E-state index contributed by atoms with van der Waals surface area (Å²) in [5, 5.41) is 2.82. The SMILES string of the molecule is COc1ccc(C(=O)Nc2ccc(N3CCC(C)C3)cc2)cc1S(=O)(=O)N(C)C. The lowest BCUT2D eigenvalue weighted by Gasteiger charge is -2.18. The van der Waals surface area contributed by atoms with Gasteiger partial charge >= 0.3 is 0 Å². The monoisotopic (exact) mass is 417 g/mol. The number of anilines is 2. The van der Waals surface area contributed by atoms with Crippen molar-refractivity contribution in [2.75, 3.05) is 44.5 Å². The molecule has 0 saturated carbocycles. The zero-order valence-corrected chi connectivity index (χ0v) is 18.0. The van der Waals surface area contributed by atoms with Gasteiger partial charge in [0, 0.05) is 44.1 Å². The number of ether oxygens (including phenoxy) is 1.